The molecule has 3 rings (SSSR count). The van der Waals surface area contributed by atoms with Crippen molar-refractivity contribution < 1.29 is 10.1 Å². The van der Waals surface area contributed by atoms with E-state index in [2.05, 4.69) is 47.8 Å². The smallest absolute Gasteiger partial charge is 0.138 e. The van der Waals surface area contributed by atoms with E-state index in [9.17, 15) is 0 Å². The highest BCUT2D eigenvalue weighted by atomic mass is 35.5. The molecular weight excluding hydrogens is 318 g/mol. The van der Waals surface area contributed by atoms with Crippen molar-refractivity contribution in [2.24, 2.45) is 0 Å². The fourth-order valence-corrected chi connectivity index (χ4v) is 3.04. The molecule has 2 N–H and O–H groups in total. The molecule has 0 saturated heterocycles. The van der Waals surface area contributed by atoms with E-state index in [1.165, 1.54) is 16.7 Å². The second kappa shape index (κ2) is 8.00. The van der Waals surface area contributed by atoms with Crippen LogP contribution in [0.4, 0.5) is 0 Å². The topological polar surface area (TPSA) is 25.8 Å². The molecule has 0 saturated carbocycles. The highest BCUT2D eigenvalue weighted by molar-refractivity contribution is 6.30. The van der Waals surface area contributed by atoms with Crippen molar-refractivity contribution in [1.29, 1.82) is 0 Å². The third-order valence-corrected chi connectivity index (χ3v) is 4.41. The summed E-state index contributed by atoms with van der Waals surface area (Å²) in [6.45, 7) is 0.839. The lowest BCUT2D eigenvalue weighted by atomic mass is 9.98. The summed E-state index contributed by atoms with van der Waals surface area (Å²) >= 11 is 6.05. The van der Waals surface area contributed by atoms with Crippen LogP contribution in [0.5, 0.6) is 5.75 Å². The molecular formula is C21H21ClNO+. The van der Waals surface area contributed by atoms with Crippen LogP contribution in [0.15, 0.2) is 78.9 Å². The summed E-state index contributed by atoms with van der Waals surface area (Å²) in [4.78, 5) is 0. The molecule has 0 heterocycles. The van der Waals surface area contributed by atoms with E-state index in [0.717, 1.165) is 17.3 Å². The number of para-hydroxylation sites is 1. The fraction of sp³-hybridized carbons (Fsp3) is 0.143. The Morgan fingerprint density at radius 1 is 0.833 bits per heavy atom. The Bertz CT molecular complexity index is 771. The van der Waals surface area contributed by atoms with Crippen molar-refractivity contribution in [2.45, 2.75) is 12.6 Å². The standard InChI is InChI=1S/C21H20ClNO/c1-24-20-10-6-5-9-18(20)15-23-21(16-7-3-2-4-8-16)17-11-13-19(22)14-12-17/h2-14,21,23H,15H2,1H3/p+1/t21-/m0/s1. The van der Waals surface area contributed by atoms with Crippen LogP contribution in [-0.2, 0) is 6.54 Å². The Hall–Kier alpha value is -2.29. The summed E-state index contributed by atoms with van der Waals surface area (Å²) in [7, 11) is 1.71. The second-order valence-electron chi connectivity index (χ2n) is 5.69. The van der Waals surface area contributed by atoms with Crippen LogP contribution in [0.3, 0.4) is 0 Å². The number of rotatable bonds is 6. The number of quaternary nitrogens is 1. The van der Waals surface area contributed by atoms with Gasteiger partial charge in [0.1, 0.15) is 18.3 Å². The van der Waals surface area contributed by atoms with Crippen LogP contribution < -0.4 is 10.1 Å². The van der Waals surface area contributed by atoms with E-state index >= 15 is 0 Å². The van der Waals surface area contributed by atoms with Gasteiger partial charge in [0, 0.05) is 21.7 Å². The molecule has 0 fully saturated rings. The number of halogens is 1. The van der Waals surface area contributed by atoms with Crippen molar-refractivity contribution in [2.75, 3.05) is 7.11 Å². The van der Waals surface area contributed by atoms with Gasteiger partial charge in [-0.25, -0.2) is 0 Å². The quantitative estimate of drug-likeness (QED) is 0.716. The maximum absolute atomic E-state index is 6.05. The average molecular weight is 339 g/mol. The van der Waals surface area contributed by atoms with Gasteiger partial charge in [-0.2, -0.15) is 0 Å². The zero-order valence-corrected chi connectivity index (χ0v) is 14.4. The number of ether oxygens (including phenoxy) is 1. The molecule has 0 spiro atoms. The Kier molecular flexibility index (Phi) is 5.52. The van der Waals surface area contributed by atoms with Crippen LogP contribution in [0, 0.1) is 0 Å². The van der Waals surface area contributed by atoms with E-state index < -0.39 is 0 Å². The monoisotopic (exact) mass is 338 g/mol. The molecule has 0 aliphatic carbocycles. The summed E-state index contributed by atoms with van der Waals surface area (Å²) in [5, 5.41) is 3.09. The predicted molar refractivity (Wildman–Crippen MR) is 98.4 cm³/mol. The van der Waals surface area contributed by atoms with Crippen LogP contribution in [-0.4, -0.2) is 7.11 Å². The first-order chi connectivity index (χ1) is 11.8. The maximum Gasteiger partial charge on any atom is 0.138 e. The summed E-state index contributed by atoms with van der Waals surface area (Å²) in [5.41, 5.74) is 3.70. The number of hydrogen-bond donors (Lipinski definition) is 1. The van der Waals surface area contributed by atoms with Gasteiger partial charge in [0.05, 0.1) is 7.11 Å². The molecule has 0 aliphatic rings. The lowest BCUT2D eigenvalue weighted by molar-refractivity contribution is -0.702. The second-order valence-corrected chi connectivity index (χ2v) is 6.13. The highest BCUT2D eigenvalue weighted by Gasteiger charge is 2.18. The highest BCUT2D eigenvalue weighted by Crippen LogP contribution is 2.21. The molecule has 3 aromatic carbocycles. The molecule has 0 unspecified atom stereocenters. The van der Waals surface area contributed by atoms with Gasteiger partial charge < -0.3 is 10.1 Å². The first-order valence-corrected chi connectivity index (χ1v) is 8.41. The number of nitrogens with two attached hydrogens (primary N) is 1. The van der Waals surface area contributed by atoms with Gasteiger partial charge in [0.2, 0.25) is 0 Å². The number of hydrogen-bond acceptors (Lipinski definition) is 1. The zero-order chi connectivity index (χ0) is 16.8. The van der Waals surface area contributed by atoms with Crippen LogP contribution in [0.2, 0.25) is 5.02 Å². The molecule has 0 bridgehead atoms. The van der Waals surface area contributed by atoms with E-state index in [0.29, 0.717) is 0 Å². The summed E-state index contributed by atoms with van der Waals surface area (Å²) in [6.07, 6.45) is 0. The Morgan fingerprint density at radius 3 is 2.17 bits per heavy atom. The fourth-order valence-electron chi connectivity index (χ4n) is 2.91. The molecule has 0 aliphatic heterocycles. The summed E-state index contributed by atoms with van der Waals surface area (Å²) in [5.74, 6) is 0.927. The van der Waals surface area contributed by atoms with Crippen LogP contribution in [0.1, 0.15) is 22.7 Å². The molecule has 24 heavy (non-hydrogen) atoms. The molecule has 1 atom stereocenters. The van der Waals surface area contributed by atoms with E-state index in [1.54, 1.807) is 7.11 Å². The first kappa shape index (κ1) is 16.6. The third-order valence-electron chi connectivity index (χ3n) is 4.15. The van der Waals surface area contributed by atoms with Crippen molar-refractivity contribution in [3.63, 3.8) is 0 Å². The van der Waals surface area contributed by atoms with E-state index in [-0.39, 0.29) is 6.04 Å². The van der Waals surface area contributed by atoms with Crippen molar-refractivity contribution >= 4 is 11.6 Å². The summed E-state index contributed by atoms with van der Waals surface area (Å²) in [6, 6.07) is 27.0. The zero-order valence-electron chi connectivity index (χ0n) is 13.7. The Balaban J connectivity index is 1.86. The Morgan fingerprint density at radius 2 is 1.46 bits per heavy atom. The SMILES string of the molecule is COc1ccccc1C[NH2+][C@@H](c1ccccc1)c1ccc(Cl)cc1. The molecule has 0 aromatic heterocycles. The van der Waals surface area contributed by atoms with E-state index in [4.69, 9.17) is 16.3 Å². The van der Waals surface area contributed by atoms with Crippen molar-refractivity contribution in [1.82, 2.24) is 0 Å². The number of methoxy groups -OCH3 is 1. The van der Waals surface area contributed by atoms with E-state index in [1.807, 2.05) is 36.4 Å². The Labute approximate surface area is 148 Å². The van der Waals surface area contributed by atoms with Gasteiger partial charge in [-0.3, -0.25) is 0 Å². The van der Waals surface area contributed by atoms with Gasteiger partial charge >= 0.3 is 0 Å². The van der Waals surface area contributed by atoms with Crippen LogP contribution in [0.25, 0.3) is 0 Å². The van der Waals surface area contributed by atoms with Gasteiger partial charge in [-0.15, -0.1) is 0 Å². The minimum atomic E-state index is 0.216. The van der Waals surface area contributed by atoms with Crippen molar-refractivity contribution in [3.05, 3.63) is 101 Å². The average Bonchev–Trinajstić information content (AvgIpc) is 2.64. The van der Waals surface area contributed by atoms with Gasteiger partial charge in [-0.1, -0.05) is 66.2 Å². The molecule has 3 heteroatoms. The summed E-state index contributed by atoms with van der Waals surface area (Å²) < 4.78 is 5.47. The molecule has 0 radical (unpaired) electrons. The predicted octanol–water partition coefficient (Wildman–Crippen LogP) is 4.20. The van der Waals surface area contributed by atoms with Gasteiger partial charge in [0.15, 0.2) is 0 Å². The molecule has 2 nitrogen and oxygen atoms in total. The largest absolute Gasteiger partial charge is 0.496 e. The third kappa shape index (κ3) is 3.97. The lowest BCUT2D eigenvalue weighted by Crippen LogP contribution is -2.83. The molecule has 0 amide bonds. The van der Waals surface area contributed by atoms with Crippen LogP contribution >= 0.6 is 11.6 Å². The molecule has 3 aromatic rings. The minimum Gasteiger partial charge on any atom is -0.496 e. The normalized spacial score (nSPS) is 11.9. The maximum atomic E-state index is 6.05. The lowest BCUT2D eigenvalue weighted by Gasteiger charge is -2.17. The molecule has 122 valence electrons. The van der Waals surface area contributed by atoms with Gasteiger partial charge in [0.25, 0.3) is 0 Å². The van der Waals surface area contributed by atoms with Gasteiger partial charge in [-0.05, 0) is 24.3 Å². The number of benzene rings is 3. The first-order valence-electron chi connectivity index (χ1n) is 8.03. The van der Waals surface area contributed by atoms with Crippen molar-refractivity contribution in [3.8, 4) is 5.75 Å². The minimum absolute atomic E-state index is 0.216.